The molecule has 3 atom stereocenters. The van der Waals surface area contributed by atoms with E-state index in [1.807, 2.05) is 13.8 Å². The van der Waals surface area contributed by atoms with E-state index in [1.165, 1.54) is 0 Å². The smallest absolute Gasteiger partial charge is 0.407 e. The molecule has 138 valence electrons. The summed E-state index contributed by atoms with van der Waals surface area (Å²) in [6, 6.07) is -1.10. The van der Waals surface area contributed by atoms with E-state index >= 15 is 0 Å². The highest BCUT2D eigenvalue weighted by atomic mass is 16.6. The number of aliphatic carboxylic acids is 1. The Morgan fingerprint density at radius 2 is 1.75 bits per heavy atom. The molecule has 7 heteroatoms. The molecule has 0 aromatic rings. The molecule has 0 heterocycles. The van der Waals surface area contributed by atoms with Gasteiger partial charge in [-0.1, -0.05) is 27.7 Å². The van der Waals surface area contributed by atoms with Crippen molar-refractivity contribution >= 4 is 18.0 Å². The average molecular weight is 342 g/mol. The number of alkyl carbamates (subject to hydrolysis) is 1. The van der Waals surface area contributed by atoms with Crippen LogP contribution < -0.4 is 10.6 Å². The first-order valence-corrected chi connectivity index (χ1v) is 8.28. The molecule has 1 saturated carbocycles. The molecular weight excluding hydrogens is 312 g/mol. The Labute approximate surface area is 143 Å². The number of amides is 2. The summed E-state index contributed by atoms with van der Waals surface area (Å²) in [5.74, 6) is -1.88. The fourth-order valence-electron chi connectivity index (χ4n) is 2.83. The van der Waals surface area contributed by atoms with E-state index in [0.717, 1.165) is 0 Å². The quantitative estimate of drug-likeness (QED) is 0.710. The molecule has 1 rings (SSSR count). The number of hydrogen-bond acceptors (Lipinski definition) is 4. The number of carboxylic acid groups (broad SMARTS) is 1. The number of ether oxygens (including phenoxy) is 1. The van der Waals surface area contributed by atoms with Crippen LogP contribution in [0.5, 0.6) is 0 Å². The predicted octanol–water partition coefficient (Wildman–Crippen LogP) is 2.15. The van der Waals surface area contributed by atoms with E-state index in [9.17, 15) is 19.5 Å². The van der Waals surface area contributed by atoms with Gasteiger partial charge < -0.3 is 20.5 Å². The van der Waals surface area contributed by atoms with Crippen molar-refractivity contribution in [3.05, 3.63) is 0 Å². The summed E-state index contributed by atoms with van der Waals surface area (Å²) in [6.45, 7) is 12.6. The maximum absolute atomic E-state index is 12.4. The van der Waals surface area contributed by atoms with E-state index in [2.05, 4.69) is 10.6 Å². The number of hydrogen-bond donors (Lipinski definition) is 3. The summed E-state index contributed by atoms with van der Waals surface area (Å²) in [5.41, 5.74) is -1.05. The topological polar surface area (TPSA) is 105 Å². The summed E-state index contributed by atoms with van der Waals surface area (Å²) in [7, 11) is 0. The van der Waals surface area contributed by atoms with Crippen molar-refractivity contribution in [1.29, 1.82) is 0 Å². The van der Waals surface area contributed by atoms with Gasteiger partial charge in [-0.25, -0.2) is 9.59 Å². The van der Waals surface area contributed by atoms with Gasteiger partial charge in [-0.15, -0.1) is 0 Å². The zero-order valence-electron chi connectivity index (χ0n) is 15.6. The second-order valence-electron chi connectivity index (χ2n) is 8.38. The first-order chi connectivity index (χ1) is 10.8. The van der Waals surface area contributed by atoms with Crippen molar-refractivity contribution in [1.82, 2.24) is 10.6 Å². The standard InChI is InChI=1S/C17H30N2O5/c1-9(2)12(14(21)22)19-13(20)10-8-11(17(10,6)7)18-15(23)24-16(3,4)5/h9-12H,8H2,1-7H3,(H,18,23)(H,19,20)(H,21,22)/t10-,11-,12?/m1/s1. The lowest BCUT2D eigenvalue weighted by Crippen LogP contribution is -2.63. The van der Waals surface area contributed by atoms with Crippen molar-refractivity contribution in [3.8, 4) is 0 Å². The fraction of sp³-hybridized carbons (Fsp3) is 0.824. The van der Waals surface area contributed by atoms with Crippen molar-refractivity contribution < 1.29 is 24.2 Å². The van der Waals surface area contributed by atoms with Crippen LogP contribution in [0.4, 0.5) is 4.79 Å². The Morgan fingerprint density at radius 3 is 2.12 bits per heavy atom. The molecule has 7 nitrogen and oxygen atoms in total. The van der Waals surface area contributed by atoms with Gasteiger partial charge in [-0.2, -0.15) is 0 Å². The van der Waals surface area contributed by atoms with Crippen LogP contribution >= 0.6 is 0 Å². The molecule has 24 heavy (non-hydrogen) atoms. The Kier molecular flexibility index (Phi) is 5.90. The highest BCUT2D eigenvalue weighted by molar-refractivity contribution is 5.86. The van der Waals surface area contributed by atoms with Gasteiger partial charge in [-0.05, 0) is 38.5 Å². The van der Waals surface area contributed by atoms with Crippen LogP contribution in [0.15, 0.2) is 0 Å². The number of carbonyl (C=O) groups is 3. The zero-order valence-corrected chi connectivity index (χ0v) is 15.6. The fourth-order valence-corrected chi connectivity index (χ4v) is 2.83. The van der Waals surface area contributed by atoms with Crippen LogP contribution in [0.1, 0.15) is 54.9 Å². The monoisotopic (exact) mass is 342 g/mol. The Bertz CT molecular complexity index is 508. The largest absolute Gasteiger partial charge is 0.480 e. The van der Waals surface area contributed by atoms with Gasteiger partial charge in [0.15, 0.2) is 0 Å². The first kappa shape index (κ1) is 20.3. The second kappa shape index (κ2) is 6.99. The van der Waals surface area contributed by atoms with E-state index in [1.54, 1.807) is 34.6 Å². The molecule has 1 aliphatic carbocycles. The van der Waals surface area contributed by atoms with Crippen molar-refractivity contribution in [2.45, 2.75) is 72.6 Å². The second-order valence-corrected chi connectivity index (χ2v) is 8.38. The molecule has 1 aliphatic rings. The number of carboxylic acids is 1. The number of nitrogens with one attached hydrogen (secondary N) is 2. The molecular formula is C17H30N2O5. The average Bonchev–Trinajstić information content (AvgIpc) is 2.37. The Morgan fingerprint density at radius 1 is 1.21 bits per heavy atom. The maximum atomic E-state index is 12.4. The molecule has 0 radical (unpaired) electrons. The van der Waals surface area contributed by atoms with E-state index in [0.29, 0.717) is 6.42 Å². The molecule has 0 aliphatic heterocycles. The van der Waals surface area contributed by atoms with Crippen LogP contribution in [0.25, 0.3) is 0 Å². The van der Waals surface area contributed by atoms with Crippen LogP contribution in [0.2, 0.25) is 0 Å². The molecule has 3 N–H and O–H groups in total. The molecule has 1 unspecified atom stereocenters. The maximum Gasteiger partial charge on any atom is 0.407 e. The van der Waals surface area contributed by atoms with Gasteiger partial charge >= 0.3 is 12.1 Å². The van der Waals surface area contributed by atoms with Crippen LogP contribution in [0, 0.1) is 17.3 Å². The van der Waals surface area contributed by atoms with Crippen molar-refractivity contribution in [2.24, 2.45) is 17.3 Å². The molecule has 0 saturated heterocycles. The molecule has 0 spiro atoms. The van der Waals surface area contributed by atoms with Crippen molar-refractivity contribution in [2.75, 3.05) is 0 Å². The first-order valence-electron chi connectivity index (χ1n) is 8.28. The van der Waals surface area contributed by atoms with E-state index in [4.69, 9.17) is 4.74 Å². The van der Waals surface area contributed by atoms with Crippen LogP contribution in [-0.2, 0) is 14.3 Å². The van der Waals surface area contributed by atoms with Crippen LogP contribution in [0.3, 0.4) is 0 Å². The highest BCUT2D eigenvalue weighted by Crippen LogP contribution is 2.46. The Balaban J connectivity index is 2.64. The third-order valence-electron chi connectivity index (χ3n) is 4.51. The van der Waals surface area contributed by atoms with Gasteiger partial charge in [0.25, 0.3) is 0 Å². The predicted molar refractivity (Wildman–Crippen MR) is 89.5 cm³/mol. The minimum absolute atomic E-state index is 0.189. The summed E-state index contributed by atoms with van der Waals surface area (Å²) in [6.07, 6.45) is -0.0484. The molecule has 0 bridgehead atoms. The minimum atomic E-state index is -1.04. The lowest BCUT2D eigenvalue weighted by molar-refractivity contribution is -0.147. The molecule has 0 aromatic heterocycles. The summed E-state index contributed by atoms with van der Waals surface area (Å²) >= 11 is 0. The van der Waals surface area contributed by atoms with Crippen LogP contribution in [-0.4, -0.2) is 40.8 Å². The SMILES string of the molecule is CC(C)C(NC(=O)[C@H]1C[C@@H](NC(=O)OC(C)(C)C)C1(C)C)C(=O)O. The lowest BCUT2D eigenvalue weighted by Gasteiger charge is -2.51. The molecule has 0 aromatic carbocycles. The van der Waals surface area contributed by atoms with E-state index in [-0.39, 0.29) is 23.8 Å². The van der Waals surface area contributed by atoms with Crippen molar-refractivity contribution in [3.63, 3.8) is 0 Å². The van der Waals surface area contributed by atoms with E-state index < -0.39 is 29.1 Å². The molecule has 2 amide bonds. The zero-order chi connectivity index (χ0) is 18.9. The highest BCUT2D eigenvalue weighted by Gasteiger charge is 2.53. The summed E-state index contributed by atoms with van der Waals surface area (Å²) < 4.78 is 5.23. The van der Waals surface area contributed by atoms with Gasteiger partial charge in [-0.3, -0.25) is 4.79 Å². The lowest BCUT2D eigenvalue weighted by atomic mass is 9.58. The number of rotatable bonds is 5. The molecule has 1 fully saturated rings. The summed E-state index contributed by atoms with van der Waals surface area (Å²) in [4.78, 5) is 35.5. The Hall–Kier alpha value is -1.79. The third kappa shape index (κ3) is 4.85. The number of carbonyl (C=O) groups excluding carboxylic acids is 2. The van der Waals surface area contributed by atoms with Gasteiger partial charge in [0.05, 0.1) is 0 Å². The minimum Gasteiger partial charge on any atom is -0.480 e. The summed E-state index contributed by atoms with van der Waals surface area (Å²) in [5, 5.41) is 14.6. The normalized spacial score (nSPS) is 23.8. The van der Waals surface area contributed by atoms with Gasteiger partial charge in [0.1, 0.15) is 11.6 Å². The van der Waals surface area contributed by atoms with Gasteiger partial charge in [0, 0.05) is 12.0 Å². The third-order valence-corrected chi connectivity index (χ3v) is 4.51. The van der Waals surface area contributed by atoms with Gasteiger partial charge in [0.2, 0.25) is 5.91 Å².